The number of hydrogen-bond acceptors (Lipinski definition) is 4. The molecule has 2 amide bonds. The molecule has 0 aliphatic carbocycles. The first-order chi connectivity index (χ1) is 10.1. The van der Waals surface area contributed by atoms with Crippen molar-refractivity contribution in [3.05, 3.63) is 35.4 Å². The normalized spacial score (nSPS) is 21.7. The number of carbonyl (C=O) groups is 2. The molecule has 112 valence electrons. The summed E-state index contributed by atoms with van der Waals surface area (Å²) in [5.41, 5.74) is 6.98. The zero-order valence-corrected chi connectivity index (χ0v) is 12.3. The van der Waals surface area contributed by atoms with Crippen LogP contribution in [-0.2, 0) is 0 Å². The first-order valence-electron chi connectivity index (χ1n) is 7.51. The Bertz CT molecular complexity index is 527. The first kappa shape index (κ1) is 14.2. The lowest BCUT2D eigenvalue weighted by molar-refractivity contribution is 0.0488. The van der Waals surface area contributed by atoms with Crippen LogP contribution in [0.15, 0.2) is 24.3 Å². The fourth-order valence-corrected chi connectivity index (χ4v) is 3.19. The van der Waals surface area contributed by atoms with E-state index in [-0.39, 0.29) is 17.9 Å². The molecule has 3 rings (SSSR count). The molecule has 0 saturated carbocycles. The van der Waals surface area contributed by atoms with Gasteiger partial charge in [0.25, 0.3) is 11.8 Å². The van der Waals surface area contributed by atoms with Crippen LogP contribution in [0.25, 0.3) is 0 Å². The number of amides is 2. The number of carbonyl (C=O) groups excluding carboxylic acids is 2. The summed E-state index contributed by atoms with van der Waals surface area (Å²) in [6.45, 7) is 4.21. The van der Waals surface area contributed by atoms with E-state index in [1.54, 1.807) is 24.3 Å². The Balaban J connectivity index is 1.65. The third-order valence-electron chi connectivity index (χ3n) is 4.60. The highest BCUT2D eigenvalue weighted by molar-refractivity contribution is 6.21. The molecular formula is C16H21N3O2. The summed E-state index contributed by atoms with van der Waals surface area (Å²) >= 11 is 0. The van der Waals surface area contributed by atoms with Crippen molar-refractivity contribution in [1.29, 1.82) is 0 Å². The zero-order valence-electron chi connectivity index (χ0n) is 12.3. The summed E-state index contributed by atoms with van der Waals surface area (Å²) < 4.78 is 0. The predicted octanol–water partition coefficient (Wildman–Crippen LogP) is 1.30. The van der Waals surface area contributed by atoms with Crippen molar-refractivity contribution in [3.63, 3.8) is 0 Å². The minimum Gasteiger partial charge on any atom is -0.328 e. The van der Waals surface area contributed by atoms with E-state index < -0.39 is 0 Å². The second kappa shape index (κ2) is 5.58. The highest BCUT2D eigenvalue weighted by atomic mass is 16.2. The van der Waals surface area contributed by atoms with Gasteiger partial charge in [-0.1, -0.05) is 12.1 Å². The van der Waals surface area contributed by atoms with Crippen molar-refractivity contribution in [2.75, 3.05) is 19.8 Å². The van der Waals surface area contributed by atoms with E-state index in [0.29, 0.717) is 23.7 Å². The fraction of sp³-hybridized carbons (Fsp3) is 0.500. The Morgan fingerprint density at radius 1 is 1.14 bits per heavy atom. The predicted molar refractivity (Wildman–Crippen MR) is 79.8 cm³/mol. The highest BCUT2D eigenvalue weighted by Gasteiger charge is 2.36. The summed E-state index contributed by atoms with van der Waals surface area (Å²) in [6.07, 6.45) is 2.06. The topological polar surface area (TPSA) is 66.6 Å². The van der Waals surface area contributed by atoms with Gasteiger partial charge in [-0.2, -0.15) is 0 Å². The average molecular weight is 287 g/mol. The largest absolute Gasteiger partial charge is 0.328 e. The van der Waals surface area contributed by atoms with Crippen LogP contribution in [-0.4, -0.2) is 47.4 Å². The van der Waals surface area contributed by atoms with Crippen LogP contribution < -0.4 is 5.73 Å². The van der Waals surface area contributed by atoms with Gasteiger partial charge in [-0.25, -0.2) is 0 Å². The molecule has 2 N–H and O–H groups in total. The van der Waals surface area contributed by atoms with Gasteiger partial charge in [0.2, 0.25) is 0 Å². The monoisotopic (exact) mass is 287 g/mol. The van der Waals surface area contributed by atoms with Crippen molar-refractivity contribution in [3.8, 4) is 0 Å². The lowest BCUT2D eigenvalue weighted by Crippen LogP contribution is -2.46. The minimum absolute atomic E-state index is 0.176. The molecule has 2 aliphatic heterocycles. The number of fused-ring (bicyclic) bond motifs is 1. The molecule has 1 unspecified atom stereocenters. The second-order valence-corrected chi connectivity index (χ2v) is 6.04. The Kier molecular flexibility index (Phi) is 3.78. The van der Waals surface area contributed by atoms with Crippen molar-refractivity contribution in [2.24, 2.45) is 11.7 Å². The van der Waals surface area contributed by atoms with Crippen LogP contribution >= 0.6 is 0 Å². The van der Waals surface area contributed by atoms with E-state index >= 15 is 0 Å². The van der Waals surface area contributed by atoms with Crippen LogP contribution in [0.2, 0.25) is 0 Å². The molecule has 1 aromatic rings. The van der Waals surface area contributed by atoms with E-state index in [9.17, 15) is 9.59 Å². The number of likely N-dealkylation sites (tertiary alicyclic amines) is 1. The number of nitrogens with two attached hydrogens (primary N) is 1. The van der Waals surface area contributed by atoms with Crippen LogP contribution in [0.1, 0.15) is 40.5 Å². The molecule has 1 fully saturated rings. The van der Waals surface area contributed by atoms with Gasteiger partial charge in [0.05, 0.1) is 17.8 Å². The molecule has 0 bridgehead atoms. The van der Waals surface area contributed by atoms with Crippen molar-refractivity contribution in [1.82, 2.24) is 9.80 Å². The number of rotatable bonds is 3. The van der Waals surface area contributed by atoms with E-state index in [4.69, 9.17) is 5.73 Å². The number of nitrogens with zero attached hydrogens (tertiary/aromatic N) is 2. The number of piperidine rings is 1. The van der Waals surface area contributed by atoms with E-state index in [0.717, 1.165) is 25.9 Å². The van der Waals surface area contributed by atoms with Crippen molar-refractivity contribution in [2.45, 2.75) is 25.8 Å². The van der Waals surface area contributed by atoms with Crippen LogP contribution in [0.4, 0.5) is 0 Å². The summed E-state index contributed by atoms with van der Waals surface area (Å²) in [5, 5.41) is 0. The summed E-state index contributed by atoms with van der Waals surface area (Å²) in [5.74, 6) is 0.193. The van der Waals surface area contributed by atoms with Crippen LogP contribution in [0, 0.1) is 5.92 Å². The molecule has 0 radical (unpaired) electrons. The second-order valence-electron chi connectivity index (χ2n) is 6.04. The molecular weight excluding hydrogens is 266 g/mol. The summed E-state index contributed by atoms with van der Waals surface area (Å²) in [7, 11) is 0. The third kappa shape index (κ3) is 2.59. The maximum absolute atomic E-state index is 12.3. The smallest absolute Gasteiger partial charge is 0.262 e. The molecule has 2 heterocycles. The molecule has 1 saturated heterocycles. The van der Waals surface area contributed by atoms with Crippen LogP contribution in [0.5, 0.6) is 0 Å². The van der Waals surface area contributed by atoms with Gasteiger partial charge < -0.3 is 5.73 Å². The molecule has 2 aliphatic rings. The van der Waals surface area contributed by atoms with Gasteiger partial charge in [0.1, 0.15) is 0 Å². The fourth-order valence-electron chi connectivity index (χ4n) is 3.19. The SMILES string of the molecule is CC(N)C1CCN(CN2C(=O)c3ccccc3C2=O)CC1. The Labute approximate surface area is 124 Å². The third-order valence-corrected chi connectivity index (χ3v) is 4.60. The van der Waals surface area contributed by atoms with Gasteiger partial charge in [0, 0.05) is 19.1 Å². The van der Waals surface area contributed by atoms with E-state index in [2.05, 4.69) is 4.90 Å². The van der Waals surface area contributed by atoms with Gasteiger partial charge in [-0.05, 0) is 37.8 Å². The van der Waals surface area contributed by atoms with Gasteiger partial charge in [-0.15, -0.1) is 0 Å². The minimum atomic E-state index is -0.176. The molecule has 21 heavy (non-hydrogen) atoms. The quantitative estimate of drug-likeness (QED) is 0.851. The molecule has 0 spiro atoms. The number of hydrogen-bond donors (Lipinski definition) is 1. The van der Waals surface area contributed by atoms with Gasteiger partial charge in [0.15, 0.2) is 0 Å². The Morgan fingerprint density at radius 2 is 1.67 bits per heavy atom. The lowest BCUT2D eigenvalue weighted by Gasteiger charge is -2.35. The van der Waals surface area contributed by atoms with Crippen LogP contribution in [0.3, 0.4) is 0 Å². The summed E-state index contributed by atoms with van der Waals surface area (Å²) in [4.78, 5) is 28.1. The highest BCUT2D eigenvalue weighted by Crippen LogP contribution is 2.24. The molecule has 5 nitrogen and oxygen atoms in total. The molecule has 1 atom stereocenters. The molecule has 5 heteroatoms. The van der Waals surface area contributed by atoms with E-state index in [1.165, 1.54) is 4.90 Å². The maximum Gasteiger partial charge on any atom is 0.262 e. The lowest BCUT2D eigenvalue weighted by atomic mass is 9.91. The van der Waals surface area contributed by atoms with Gasteiger partial charge >= 0.3 is 0 Å². The zero-order chi connectivity index (χ0) is 15.0. The standard InChI is InChI=1S/C16H21N3O2/c1-11(17)12-6-8-18(9-7-12)10-19-15(20)13-4-2-3-5-14(13)16(19)21/h2-5,11-12H,6-10,17H2,1H3. The first-order valence-corrected chi connectivity index (χ1v) is 7.51. The summed E-state index contributed by atoms with van der Waals surface area (Å²) in [6, 6.07) is 7.24. The Morgan fingerprint density at radius 3 is 2.14 bits per heavy atom. The van der Waals surface area contributed by atoms with Crippen molar-refractivity contribution >= 4 is 11.8 Å². The van der Waals surface area contributed by atoms with Crippen molar-refractivity contribution < 1.29 is 9.59 Å². The molecule has 0 aromatic heterocycles. The molecule has 1 aromatic carbocycles. The Hall–Kier alpha value is -1.72. The van der Waals surface area contributed by atoms with Gasteiger partial charge in [-0.3, -0.25) is 19.4 Å². The number of imide groups is 1. The number of benzene rings is 1. The van der Waals surface area contributed by atoms with E-state index in [1.807, 2.05) is 6.92 Å². The maximum atomic E-state index is 12.3. The average Bonchev–Trinajstić information content (AvgIpc) is 2.73.